The van der Waals surface area contributed by atoms with Crippen molar-refractivity contribution in [1.29, 1.82) is 0 Å². The van der Waals surface area contributed by atoms with Crippen LogP contribution in [-0.4, -0.2) is 77.5 Å². The number of aliphatic hydroxyl groups is 4. The molecule has 0 aliphatic heterocycles. The SMILES string of the molecule is COc1cc(O)c2ccc3cccc4ccc1c2c34.COc1ccc2cc(O)c3cccc4ccc1c2c43.COc1ccc2ccc3c(O)ccc4ccc1c2c43.OCc1c(O)c2cccc3ccc4cccc1c4c32.OCc1cc2ccc(O)c3ccc4cccc1c4c23.OCc1ccc2ccc3ccc(O)c4ccc1c2c34.OCc1ccc2ccc3cccc4cc(O)c1c2c34. The van der Waals surface area contributed by atoms with Crippen molar-refractivity contribution < 1.29 is 70.4 Å². The molecule has 28 rings (SSSR count). The highest BCUT2D eigenvalue weighted by Crippen LogP contribution is 2.50. The lowest BCUT2D eigenvalue weighted by molar-refractivity contribution is 0.278. The van der Waals surface area contributed by atoms with E-state index in [2.05, 4.69) is 127 Å². The molecule has 644 valence electrons. The summed E-state index contributed by atoms with van der Waals surface area (Å²) in [5.74, 6) is 4.40. The molecule has 0 fully saturated rings. The van der Waals surface area contributed by atoms with Gasteiger partial charge in [-0.1, -0.05) is 255 Å². The number of hydrogen-bond acceptors (Lipinski definition) is 14. The fourth-order valence-corrected chi connectivity index (χ4v) is 20.9. The van der Waals surface area contributed by atoms with Crippen molar-refractivity contribution in [2.24, 2.45) is 0 Å². The van der Waals surface area contributed by atoms with Gasteiger partial charge in [-0.25, -0.2) is 0 Å². The first-order valence-corrected chi connectivity index (χ1v) is 43.8. The number of rotatable bonds is 7. The number of aliphatic hydroxyl groups excluding tert-OH is 4. The minimum Gasteiger partial charge on any atom is -0.507 e. The van der Waals surface area contributed by atoms with Gasteiger partial charge in [0.15, 0.2) is 0 Å². The Morgan fingerprint density at radius 1 is 0.165 bits per heavy atom. The van der Waals surface area contributed by atoms with Crippen LogP contribution in [0.4, 0.5) is 0 Å². The van der Waals surface area contributed by atoms with Gasteiger partial charge in [0.25, 0.3) is 0 Å². The Kier molecular flexibility index (Phi) is 20.2. The van der Waals surface area contributed by atoms with Gasteiger partial charge in [-0.2, -0.15) is 0 Å². The fraction of sp³-hybridized carbons (Fsp3) is 0.0588. The molecule has 0 atom stereocenters. The molecule has 28 aromatic carbocycles. The molecular weight excluding hydrogens is 1650 g/mol. The average Bonchev–Trinajstić information content (AvgIpc) is 0.695. The van der Waals surface area contributed by atoms with E-state index < -0.39 is 0 Å². The minimum absolute atomic E-state index is 0.0236. The predicted octanol–water partition coefficient (Wildman–Crippen LogP) is 28.0. The Hall–Kier alpha value is -16.7. The third kappa shape index (κ3) is 13.2. The van der Waals surface area contributed by atoms with Crippen LogP contribution in [0.1, 0.15) is 22.3 Å². The highest BCUT2D eigenvalue weighted by molar-refractivity contribution is 6.32. The number of hydrogen-bond donors (Lipinski definition) is 11. The normalized spacial score (nSPS) is 11.8. The Balaban J connectivity index is 0.0000000905. The first-order valence-electron chi connectivity index (χ1n) is 43.8. The summed E-state index contributed by atoms with van der Waals surface area (Å²) in [7, 11) is 5.00. The lowest BCUT2D eigenvalue weighted by Crippen LogP contribution is -1.92. The van der Waals surface area contributed by atoms with Gasteiger partial charge in [0.1, 0.15) is 57.5 Å². The summed E-state index contributed by atoms with van der Waals surface area (Å²) in [4.78, 5) is 0. The molecule has 0 spiro atoms. The number of benzene rings is 28. The van der Waals surface area contributed by atoms with Gasteiger partial charge < -0.3 is 70.4 Å². The lowest BCUT2D eigenvalue weighted by atomic mass is 9.91. The van der Waals surface area contributed by atoms with Crippen molar-refractivity contribution >= 4 is 226 Å². The highest BCUT2D eigenvalue weighted by atomic mass is 16.5. The molecule has 0 heterocycles. The van der Waals surface area contributed by atoms with Gasteiger partial charge in [0.05, 0.1) is 47.8 Å². The molecule has 0 saturated heterocycles. The summed E-state index contributed by atoms with van der Waals surface area (Å²) in [6.45, 7) is -0.173. The van der Waals surface area contributed by atoms with E-state index in [1.54, 1.807) is 51.7 Å². The Morgan fingerprint density at radius 3 is 0.932 bits per heavy atom. The second-order valence-corrected chi connectivity index (χ2v) is 33.9. The Labute approximate surface area is 759 Å². The molecule has 0 aliphatic rings. The monoisotopic (exact) mass is 1740 g/mol. The first-order chi connectivity index (χ1) is 65.1. The molecule has 0 saturated carbocycles. The Bertz CT molecular complexity index is 9080. The quantitative estimate of drug-likeness (QED) is 0.0665. The van der Waals surface area contributed by atoms with Gasteiger partial charge >= 0.3 is 0 Å². The second-order valence-electron chi connectivity index (χ2n) is 33.9. The average molecular weight is 1740 g/mol. The van der Waals surface area contributed by atoms with E-state index in [1.165, 1.54) is 21.5 Å². The minimum atomic E-state index is -0.157. The van der Waals surface area contributed by atoms with Gasteiger partial charge in [-0.15, -0.1) is 0 Å². The first kappa shape index (κ1) is 82.0. The zero-order valence-corrected chi connectivity index (χ0v) is 72.3. The largest absolute Gasteiger partial charge is 0.507 e. The third-order valence-electron chi connectivity index (χ3n) is 27.0. The highest BCUT2D eigenvalue weighted by Gasteiger charge is 2.23. The van der Waals surface area contributed by atoms with E-state index in [9.17, 15) is 56.2 Å². The lowest BCUT2D eigenvalue weighted by Gasteiger charge is -2.15. The van der Waals surface area contributed by atoms with E-state index >= 15 is 0 Å². The number of ether oxygens (including phenoxy) is 3. The maximum Gasteiger partial charge on any atom is 0.130 e. The molecule has 14 nitrogen and oxygen atoms in total. The number of phenols is 7. The zero-order chi connectivity index (χ0) is 90.9. The third-order valence-corrected chi connectivity index (χ3v) is 27.0. The van der Waals surface area contributed by atoms with Crippen molar-refractivity contribution in [2.45, 2.75) is 26.4 Å². The van der Waals surface area contributed by atoms with Crippen LogP contribution in [0.3, 0.4) is 0 Å². The van der Waals surface area contributed by atoms with Crippen LogP contribution in [0, 0.1) is 0 Å². The smallest absolute Gasteiger partial charge is 0.130 e. The summed E-state index contributed by atoms with van der Waals surface area (Å²) in [6, 6.07) is 111. The maximum absolute atomic E-state index is 10.4. The second kappa shape index (κ2) is 32.8. The molecule has 0 unspecified atom stereocenters. The van der Waals surface area contributed by atoms with Crippen molar-refractivity contribution in [1.82, 2.24) is 0 Å². The molecular formula is C119H84O14. The van der Waals surface area contributed by atoms with E-state index in [4.69, 9.17) is 14.2 Å². The standard InChI is InChI=1S/7C17H12O2/c1-19-15-9-5-11-2-6-12-14(18)8-4-10-3-7-13(15)17(11)16(10)12;1-19-15-8-6-11-9-14(18)12-4-2-3-10-5-7-13(15)17(11)16(10)12;1-19-15-9-14(18)12-7-5-10-3-2-4-11-6-8-13(15)17(12)16(10)11;18-9-14-12-5-1-3-10-7-8-11-4-2-6-13(17(14)19)16(11)15(10)12;18-9-12-4-3-10-1-2-11-5-8-15(19)14-7-6-13(12)16(10)17(11)14;18-9-12-8-11-5-7-15(19)14-6-4-10-2-1-3-13(12)16(10)17(11)14;18-9-13-7-6-11-5-4-10-2-1-3-12-8-14(19)16(13)17(11)15(10)12/h3*2-9,18H,1H3;4*1-8,18-19H,9H2. The number of aromatic hydroxyl groups is 7. The van der Waals surface area contributed by atoms with Crippen molar-refractivity contribution in [2.75, 3.05) is 21.3 Å². The number of methoxy groups -OCH3 is 3. The zero-order valence-electron chi connectivity index (χ0n) is 72.3. The van der Waals surface area contributed by atoms with Crippen molar-refractivity contribution in [3.63, 3.8) is 0 Å². The van der Waals surface area contributed by atoms with Crippen LogP contribution >= 0.6 is 0 Å². The Morgan fingerprint density at radius 2 is 0.436 bits per heavy atom. The van der Waals surface area contributed by atoms with Gasteiger partial charge in [-0.05, 0) is 219 Å². The molecule has 11 N–H and O–H groups in total. The van der Waals surface area contributed by atoms with Crippen LogP contribution in [0.2, 0.25) is 0 Å². The van der Waals surface area contributed by atoms with Gasteiger partial charge in [-0.3, -0.25) is 0 Å². The fourth-order valence-electron chi connectivity index (χ4n) is 20.9. The van der Waals surface area contributed by atoms with Gasteiger partial charge in [0.2, 0.25) is 0 Å². The van der Waals surface area contributed by atoms with Crippen molar-refractivity contribution in [3.8, 4) is 57.5 Å². The van der Waals surface area contributed by atoms with E-state index in [-0.39, 0.29) is 43.7 Å². The van der Waals surface area contributed by atoms with Crippen LogP contribution in [0.25, 0.3) is 226 Å². The summed E-state index contributed by atoms with van der Waals surface area (Å²) in [5.41, 5.74) is 3.22. The predicted molar refractivity (Wildman–Crippen MR) is 546 cm³/mol. The van der Waals surface area contributed by atoms with Crippen LogP contribution < -0.4 is 14.2 Å². The summed E-state index contributed by atoms with van der Waals surface area (Å²) in [5, 5.41) is 154. The van der Waals surface area contributed by atoms with Crippen molar-refractivity contribution in [3.05, 3.63) is 362 Å². The molecule has 0 radical (unpaired) electrons. The molecule has 0 aliphatic carbocycles. The molecule has 0 bridgehead atoms. The number of phenolic OH excluding ortho intramolecular Hbond substituents is 6. The molecule has 0 amide bonds. The van der Waals surface area contributed by atoms with Crippen LogP contribution in [-0.2, 0) is 26.4 Å². The topological polar surface area (TPSA) is 250 Å². The maximum atomic E-state index is 10.4. The molecule has 133 heavy (non-hydrogen) atoms. The van der Waals surface area contributed by atoms with Crippen LogP contribution in [0.15, 0.2) is 340 Å². The van der Waals surface area contributed by atoms with E-state index in [1.807, 2.05) is 182 Å². The summed E-state index contributed by atoms with van der Waals surface area (Å²) >= 11 is 0. The summed E-state index contributed by atoms with van der Waals surface area (Å²) < 4.78 is 16.3. The van der Waals surface area contributed by atoms with Crippen LogP contribution in [0.5, 0.6) is 57.5 Å². The molecule has 14 heteroatoms. The van der Waals surface area contributed by atoms with E-state index in [0.717, 1.165) is 233 Å². The van der Waals surface area contributed by atoms with Gasteiger partial charge in [0, 0.05) is 114 Å². The molecule has 28 aromatic rings. The summed E-state index contributed by atoms with van der Waals surface area (Å²) in [6.07, 6.45) is 0. The van der Waals surface area contributed by atoms with E-state index in [0.29, 0.717) is 34.3 Å². The molecule has 0 aromatic heterocycles.